The molecule has 0 aliphatic rings. The molecule has 0 saturated carbocycles. The van der Waals surface area contributed by atoms with Crippen LogP contribution in [0.15, 0.2) is 146 Å². The first-order chi connectivity index (χ1) is 49.2. The Bertz CT molecular complexity index is 2420. The second kappa shape index (κ2) is 75.1. The SMILES string of the molecule is CC/C=C\C/C=C\C/C=C\C/C=C\C/C=C\CCCCCCCCCCCCCCCC(=O)OCC(O)COP(=O)(O)OCC(O)COP(=O)(O)OCC(COC(=O)CCCCCCC/C=C\C/C=C\C/C=C\C/C=C\CCCCC)OC(=O)CCCCCCC/C=C\C/C=C\C/C=C\CC. The molecule has 0 radical (unpaired) electrons. The van der Waals surface area contributed by atoms with Crippen molar-refractivity contribution < 1.29 is 75.8 Å². The summed E-state index contributed by atoms with van der Waals surface area (Å²) in [5.41, 5.74) is 0. The lowest BCUT2D eigenvalue weighted by Gasteiger charge is -2.21. The fraction of sp³-hybridized carbons (Fsp3) is 0.675. The quantitative estimate of drug-likeness (QED) is 0.0146. The molecule has 0 saturated heterocycles. The number of unbranched alkanes of at least 4 members (excludes halogenated alkanes) is 26. The van der Waals surface area contributed by atoms with Gasteiger partial charge in [-0.3, -0.25) is 32.5 Å². The third-order valence-electron chi connectivity index (χ3n) is 16.0. The first-order valence-corrected chi connectivity index (χ1v) is 42.1. The monoisotopic (exact) mass is 1450 g/mol. The molecule has 578 valence electrons. The van der Waals surface area contributed by atoms with E-state index in [0.717, 1.165) is 161 Å². The van der Waals surface area contributed by atoms with Crippen LogP contribution in [0.5, 0.6) is 0 Å². The zero-order valence-electron chi connectivity index (χ0n) is 63.0. The number of rotatable bonds is 73. The van der Waals surface area contributed by atoms with E-state index < -0.39 is 91.5 Å². The summed E-state index contributed by atoms with van der Waals surface area (Å²) < 4.78 is 61.1. The highest BCUT2D eigenvalue weighted by Crippen LogP contribution is 2.45. The number of phosphoric acid groups is 2. The molecular weight excluding hydrogens is 1310 g/mol. The standard InChI is InChI=1S/C83H140O16P2/c1-4-7-10-13-16-19-22-25-28-30-32-34-35-36-37-38-39-40-41-43-45-46-49-51-54-57-60-63-66-69-81(86)93-72-78(84)73-95-100(89,90)96-74-79(85)75-97-101(91,92)98-77-80(99-83(88)71-68-65-62-59-56-53-48-27-24-21-18-15-12-9-6-3)76-94-82(87)70-67-64-61-58-55-52-50-47-44-42-33-31-29-26-23-20-17-14-11-8-5-2/h7,9-10,12,16-21,25-29,32-34,36-37,42,47-48,50,78-80,84-85H,4-6,8,11,13-15,22-24,30-31,35,38-41,43-46,49,51-77H2,1-3H3,(H,89,90)(H,91,92)/b10-7-,12-9-,19-16-,20-17-,21-18-,28-25-,29-26-,34-32-,37-36-,42-33-,48-27-,50-47-. The first kappa shape index (κ1) is 96.4. The zero-order chi connectivity index (χ0) is 73.7. The molecule has 0 aromatic carbocycles. The van der Waals surface area contributed by atoms with Gasteiger partial charge >= 0.3 is 33.6 Å². The van der Waals surface area contributed by atoms with Gasteiger partial charge in [-0.25, -0.2) is 9.13 Å². The summed E-state index contributed by atoms with van der Waals surface area (Å²) in [6.45, 7) is 2.38. The molecule has 5 atom stereocenters. The Morgan fingerprint density at radius 2 is 0.525 bits per heavy atom. The summed E-state index contributed by atoms with van der Waals surface area (Å²) in [7, 11) is -9.80. The Balaban J connectivity index is 4.56. The largest absolute Gasteiger partial charge is 0.472 e. The van der Waals surface area contributed by atoms with Gasteiger partial charge < -0.3 is 34.2 Å². The van der Waals surface area contributed by atoms with Crippen molar-refractivity contribution in [3.63, 3.8) is 0 Å². The predicted octanol–water partition coefficient (Wildman–Crippen LogP) is 22.9. The van der Waals surface area contributed by atoms with Crippen molar-refractivity contribution in [1.29, 1.82) is 0 Å². The Morgan fingerprint density at radius 1 is 0.287 bits per heavy atom. The van der Waals surface area contributed by atoms with E-state index in [-0.39, 0.29) is 19.3 Å². The van der Waals surface area contributed by atoms with Crippen molar-refractivity contribution in [2.75, 3.05) is 39.6 Å². The van der Waals surface area contributed by atoms with Crippen LogP contribution in [0.2, 0.25) is 0 Å². The highest BCUT2D eigenvalue weighted by molar-refractivity contribution is 7.47. The normalized spacial score (nSPS) is 14.8. The van der Waals surface area contributed by atoms with Crippen LogP contribution in [0.3, 0.4) is 0 Å². The highest BCUT2D eigenvalue weighted by atomic mass is 31.2. The topological polar surface area (TPSA) is 231 Å². The average molecular weight is 1460 g/mol. The molecule has 0 aromatic rings. The van der Waals surface area contributed by atoms with Crippen molar-refractivity contribution in [1.82, 2.24) is 0 Å². The number of allylic oxidation sites excluding steroid dienone is 24. The summed E-state index contributed by atoms with van der Waals surface area (Å²) in [6, 6.07) is 0. The molecule has 0 aliphatic heterocycles. The summed E-state index contributed by atoms with van der Waals surface area (Å²) >= 11 is 0. The van der Waals surface area contributed by atoms with E-state index in [1.54, 1.807) is 0 Å². The van der Waals surface area contributed by atoms with Crippen LogP contribution < -0.4 is 0 Å². The van der Waals surface area contributed by atoms with Gasteiger partial charge in [0.2, 0.25) is 0 Å². The molecule has 0 amide bonds. The van der Waals surface area contributed by atoms with E-state index in [1.807, 2.05) is 0 Å². The molecule has 0 spiro atoms. The van der Waals surface area contributed by atoms with Gasteiger partial charge in [0.15, 0.2) is 6.10 Å². The van der Waals surface area contributed by atoms with Crippen LogP contribution in [0.1, 0.15) is 303 Å². The minimum atomic E-state index is -4.94. The number of hydrogen-bond acceptors (Lipinski definition) is 14. The second-order valence-corrected chi connectivity index (χ2v) is 28.7. The van der Waals surface area contributed by atoms with Crippen LogP contribution in [0.4, 0.5) is 0 Å². The van der Waals surface area contributed by atoms with Crippen LogP contribution >= 0.6 is 15.6 Å². The number of aliphatic hydroxyl groups is 2. The number of ether oxygens (including phenoxy) is 3. The lowest BCUT2D eigenvalue weighted by Crippen LogP contribution is -2.30. The lowest BCUT2D eigenvalue weighted by molar-refractivity contribution is -0.161. The zero-order valence-corrected chi connectivity index (χ0v) is 64.8. The molecular formula is C83H140O16P2. The average Bonchev–Trinajstić information content (AvgIpc) is 1.14. The van der Waals surface area contributed by atoms with E-state index in [4.69, 9.17) is 32.3 Å². The summed E-state index contributed by atoms with van der Waals surface area (Å²) in [6.07, 6.45) is 91.8. The molecule has 0 aliphatic carbocycles. The summed E-state index contributed by atoms with van der Waals surface area (Å²) in [5.74, 6) is -1.62. The van der Waals surface area contributed by atoms with Crippen LogP contribution in [-0.4, -0.2) is 95.9 Å². The highest BCUT2D eigenvalue weighted by Gasteiger charge is 2.29. The minimum absolute atomic E-state index is 0.0770. The molecule has 18 heteroatoms. The predicted molar refractivity (Wildman–Crippen MR) is 417 cm³/mol. The molecule has 101 heavy (non-hydrogen) atoms. The Kier molecular flexibility index (Phi) is 71.7. The third-order valence-corrected chi connectivity index (χ3v) is 17.9. The smallest absolute Gasteiger partial charge is 0.463 e. The molecule has 0 aromatic heterocycles. The van der Waals surface area contributed by atoms with E-state index in [2.05, 4.69) is 167 Å². The fourth-order valence-electron chi connectivity index (χ4n) is 10.1. The number of esters is 3. The third kappa shape index (κ3) is 76.4. The summed E-state index contributed by atoms with van der Waals surface area (Å²) in [5, 5.41) is 20.6. The van der Waals surface area contributed by atoms with Gasteiger partial charge in [-0.2, -0.15) is 0 Å². The van der Waals surface area contributed by atoms with E-state index >= 15 is 0 Å². The second-order valence-electron chi connectivity index (χ2n) is 25.7. The van der Waals surface area contributed by atoms with Gasteiger partial charge in [0, 0.05) is 19.3 Å². The number of carbonyl (C=O) groups is 3. The van der Waals surface area contributed by atoms with Gasteiger partial charge in [-0.05, 0) is 141 Å². The van der Waals surface area contributed by atoms with Crippen molar-refractivity contribution in [3.05, 3.63) is 146 Å². The Morgan fingerprint density at radius 3 is 0.832 bits per heavy atom. The van der Waals surface area contributed by atoms with Crippen molar-refractivity contribution in [2.24, 2.45) is 0 Å². The first-order valence-electron chi connectivity index (χ1n) is 39.1. The number of aliphatic hydroxyl groups excluding tert-OH is 2. The molecule has 5 unspecified atom stereocenters. The van der Waals surface area contributed by atoms with Crippen molar-refractivity contribution in [2.45, 2.75) is 322 Å². The Hall–Kier alpha value is -4.57. The molecule has 0 rings (SSSR count). The molecule has 4 N–H and O–H groups in total. The van der Waals surface area contributed by atoms with Crippen LogP contribution in [-0.2, 0) is 55.8 Å². The molecule has 16 nitrogen and oxygen atoms in total. The van der Waals surface area contributed by atoms with Gasteiger partial charge in [0.1, 0.15) is 25.4 Å². The van der Waals surface area contributed by atoms with E-state index in [9.17, 15) is 43.5 Å². The maximum absolute atomic E-state index is 13.0. The number of carbonyl (C=O) groups excluding carboxylic acids is 3. The maximum atomic E-state index is 13.0. The van der Waals surface area contributed by atoms with Crippen molar-refractivity contribution in [3.8, 4) is 0 Å². The van der Waals surface area contributed by atoms with Gasteiger partial charge in [0.25, 0.3) is 0 Å². The van der Waals surface area contributed by atoms with E-state index in [1.165, 1.54) is 83.5 Å². The van der Waals surface area contributed by atoms with Gasteiger partial charge in [-0.15, -0.1) is 0 Å². The lowest BCUT2D eigenvalue weighted by atomic mass is 10.0. The van der Waals surface area contributed by atoms with Crippen molar-refractivity contribution >= 4 is 33.6 Å². The molecule has 0 bridgehead atoms. The molecule has 0 fully saturated rings. The Labute approximate surface area is 613 Å². The summed E-state index contributed by atoms with van der Waals surface area (Å²) in [4.78, 5) is 58.6. The number of hydrogen-bond donors (Lipinski definition) is 4. The fourth-order valence-corrected chi connectivity index (χ4v) is 11.7. The number of phosphoric ester groups is 2. The minimum Gasteiger partial charge on any atom is -0.463 e. The van der Waals surface area contributed by atoms with E-state index in [0.29, 0.717) is 19.3 Å². The van der Waals surface area contributed by atoms with Gasteiger partial charge in [0.05, 0.1) is 26.4 Å². The molecule has 0 heterocycles. The van der Waals surface area contributed by atoms with Crippen LogP contribution in [0, 0.1) is 0 Å². The van der Waals surface area contributed by atoms with Gasteiger partial charge in [-0.1, -0.05) is 289 Å². The maximum Gasteiger partial charge on any atom is 0.472 e. The van der Waals surface area contributed by atoms with Crippen LogP contribution in [0.25, 0.3) is 0 Å².